The van der Waals surface area contributed by atoms with Gasteiger partial charge in [0.2, 0.25) is 5.91 Å². The van der Waals surface area contributed by atoms with Crippen molar-refractivity contribution in [1.82, 2.24) is 15.0 Å². The summed E-state index contributed by atoms with van der Waals surface area (Å²) in [4.78, 5) is 39.6. The summed E-state index contributed by atoms with van der Waals surface area (Å²) in [6, 6.07) is 6.68. The number of thioether (sulfide) groups is 1. The molecule has 1 fully saturated rings. The summed E-state index contributed by atoms with van der Waals surface area (Å²) >= 11 is 2.90. The van der Waals surface area contributed by atoms with Crippen molar-refractivity contribution >= 4 is 56.1 Å². The Balaban J connectivity index is 1.46. The first-order chi connectivity index (χ1) is 14.5. The molecule has 4 rings (SSSR count). The van der Waals surface area contributed by atoms with Gasteiger partial charge in [0.1, 0.15) is 16.1 Å². The Bertz CT molecular complexity index is 1090. The molecule has 10 heteroatoms. The fraction of sp³-hybridized carbons (Fsp3) is 0.350. The van der Waals surface area contributed by atoms with Crippen LogP contribution in [0.15, 0.2) is 35.6 Å². The van der Waals surface area contributed by atoms with Gasteiger partial charge in [-0.3, -0.25) is 9.59 Å². The molecule has 8 nitrogen and oxygen atoms in total. The highest BCUT2D eigenvalue weighted by Crippen LogP contribution is 2.35. The molecular formula is C20H22N6O2S2. The van der Waals surface area contributed by atoms with Crippen LogP contribution in [0.1, 0.15) is 30.1 Å². The van der Waals surface area contributed by atoms with Gasteiger partial charge in [0, 0.05) is 13.1 Å². The molecule has 1 atom stereocenters. The average Bonchev–Trinajstić information content (AvgIpc) is 3.17. The standard InChI is InChI=1S/C20H22N6O2S2/c1-12-5-4-8-26(9-12)20-25-18-16(30-20)19(23-11-22-18)29-10-15(27)24-14-7-3-2-6-13(14)17(21)28/h2-3,6-7,11-12H,4-5,8-10H2,1H3,(H2,21,28)(H,24,27)/t12-/m0/s1. The van der Waals surface area contributed by atoms with E-state index in [1.54, 1.807) is 35.6 Å². The fourth-order valence-electron chi connectivity index (χ4n) is 3.45. The molecule has 2 aromatic heterocycles. The second-order valence-corrected chi connectivity index (χ2v) is 9.21. The number of primary amides is 1. The molecule has 0 bridgehead atoms. The molecule has 0 spiro atoms. The van der Waals surface area contributed by atoms with Crippen LogP contribution in [-0.4, -0.2) is 45.6 Å². The summed E-state index contributed by atoms with van der Waals surface area (Å²) in [5.41, 5.74) is 6.71. The molecular weight excluding hydrogens is 420 g/mol. The van der Waals surface area contributed by atoms with E-state index in [1.807, 2.05) is 0 Å². The van der Waals surface area contributed by atoms with Crippen LogP contribution in [0.4, 0.5) is 10.8 Å². The van der Waals surface area contributed by atoms with Gasteiger partial charge in [-0.15, -0.1) is 0 Å². The van der Waals surface area contributed by atoms with E-state index >= 15 is 0 Å². The molecule has 1 aromatic carbocycles. The molecule has 156 valence electrons. The van der Waals surface area contributed by atoms with Gasteiger partial charge in [-0.1, -0.05) is 42.2 Å². The van der Waals surface area contributed by atoms with Gasteiger partial charge < -0.3 is 16.0 Å². The summed E-state index contributed by atoms with van der Waals surface area (Å²) in [7, 11) is 0. The minimum atomic E-state index is -0.583. The van der Waals surface area contributed by atoms with E-state index in [0.717, 1.165) is 34.4 Å². The average molecular weight is 443 g/mol. The first-order valence-electron chi connectivity index (χ1n) is 9.69. The van der Waals surface area contributed by atoms with Crippen LogP contribution < -0.4 is 16.0 Å². The third-order valence-electron chi connectivity index (χ3n) is 4.88. The van der Waals surface area contributed by atoms with Crippen molar-refractivity contribution < 1.29 is 9.59 Å². The molecule has 2 amide bonds. The highest BCUT2D eigenvalue weighted by atomic mass is 32.2. The zero-order valence-electron chi connectivity index (χ0n) is 16.5. The van der Waals surface area contributed by atoms with Gasteiger partial charge in [-0.2, -0.15) is 4.98 Å². The van der Waals surface area contributed by atoms with Crippen LogP contribution in [0, 0.1) is 5.92 Å². The largest absolute Gasteiger partial charge is 0.366 e. The minimum absolute atomic E-state index is 0.146. The lowest BCUT2D eigenvalue weighted by Gasteiger charge is -2.30. The predicted octanol–water partition coefficient (Wildman–Crippen LogP) is 3.15. The van der Waals surface area contributed by atoms with Gasteiger partial charge >= 0.3 is 0 Å². The van der Waals surface area contributed by atoms with Crippen molar-refractivity contribution in [2.24, 2.45) is 11.7 Å². The van der Waals surface area contributed by atoms with E-state index in [-0.39, 0.29) is 17.2 Å². The minimum Gasteiger partial charge on any atom is -0.366 e. The number of nitrogens with zero attached hydrogens (tertiary/aromatic N) is 4. The SMILES string of the molecule is C[C@H]1CCCN(c2nc3ncnc(SCC(=O)Nc4ccccc4C(N)=O)c3s2)C1. The number of hydrogen-bond donors (Lipinski definition) is 2. The Morgan fingerprint density at radius 2 is 2.17 bits per heavy atom. The Hall–Kier alpha value is -2.72. The molecule has 1 aliphatic rings. The summed E-state index contributed by atoms with van der Waals surface area (Å²) < 4.78 is 0.890. The molecule has 3 N–H and O–H groups in total. The van der Waals surface area contributed by atoms with Gasteiger partial charge in [-0.05, 0) is 30.9 Å². The number of amides is 2. The first kappa shape index (κ1) is 20.5. The lowest BCUT2D eigenvalue weighted by molar-refractivity contribution is -0.113. The number of rotatable bonds is 6. The maximum atomic E-state index is 12.4. The predicted molar refractivity (Wildman–Crippen MR) is 120 cm³/mol. The Labute approximate surface area is 182 Å². The number of anilines is 2. The third-order valence-corrected chi connectivity index (χ3v) is 7.11. The Morgan fingerprint density at radius 1 is 1.33 bits per heavy atom. The second-order valence-electron chi connectivity index (χ2n) is 7.27. The second kappa shape index (κ2) is 8.97. The van der Waals surface area contributed by atoms with Crippen molar-refractivity contribution in [3.8, 4) is 0 Å². The summed E-state index contributed by atoms with van der Waals surface area (Å²) in [5.74, 6) is -0.0271. The van der Waals surface area contributed by atoms with Crippen molar-refractivity contribution in [2.75, 3.05) is 29.1 Å². The maximum Gasteiger partial charge on any atom is 0.250 e. The van der Waals surface area contributed by atoms with Gasteiger partial charge in [0.25, 0.3) is 5.91 Å². The zero-order valence-corrected chi connectivity index (χ0v) is 18.1. The molecule has 3 heterocycles. The van der Waals surface area contributed by atoms with Crippen molar-refractivity contribution in [2.45, 2.75) is 24.8 Å². The topological polar surface area (TPSA) is 114 Å². The number of benzene rings is 1. The summed E-state index contributed by atoms with van der Waals surface area (Å²) in [6.45, 7) is 4.26. The molecule has 0 saturated carbocycles. The van der Waals surface area contributed by atoms with Crippen LogP contribution in [-0.2, 0) is 4.79 Å². The highest BCUT2D eigenvalue weighted by Gasteiger charge is 2.21. The molecule has 0 radical (unpaired) electrons. The Morgan fingerprint density at radius 3 is 2.97 bits per heavy atom. The van der Waals surface area contributed by atoms with E-state index < -0.39 is 5.91 Å². The first-order valence-corrected chi connectivity index (χ1v) is 11.5. The summed E-state index contributed by atoms with van der Waals surface area (Å²) in [5, 5.41) is 4.43. The number of nitrogens with two attached hydrogens (primary N) is 1. The monoisotopic (exact) mass is 442 g/mol. The summed E-state index contributed by atoms with van der Waals surface area (Å²) in [6.07, 6.45) is 3.89. The zero-order chi connectivity index (χ0) is 21.1. The third kappa shape index (κ3) is 4.54. The van der Waals surface area contributed by atoms with E-state index in [1.165, 1.54) is 24.5 Å². The number of nitrogens with one attached hydrogen (secondary N) is 1. The van der Waals surface area contributed by atoms with Crippen LogP contribution in [0.3, 0.4) is 0 Å². The van der Waals surface area contributed by atoms with Crippen LogP contribution in [0.5, 0.6) is 0 Å². The molecule has 0 aliphatic carbocycles. The van der Waals surface area contributed by atoms with E-state index in [0.29, 0.717) is 17.3 Å². The van der Waals surface area contributed by atoms with E-state index in [2.05, 4.69) is 32.1 Å². The van der Waals surface area contributed by atoms with Crippen molar-refractivity contribution in [3.63, 3.8) is 0 Å². The number of piperidine rings is 1. The number of thiazole rings is 1. The van der Waals surface area contributed by atoms with Gasteiger partial charge in [0.15, 0.2) is 10.8 Å². The number of hydrogen-bond acceptors (Lipinski definition) is 8. The van der Waals surface area contributed by atoms with Crippen LogP contribution in [0.2, 0.25) is 0 Å². The van der Waals surface area contributed by atoms with Gasteiger partial charge in [-0.25, -0.2) is 9.97 Å². The lowest BCUT2D eigenvalue weighted by Crippen LogP contribution is -2.34. The lowest BCUT2D eigenvalue weighted by atomic mass is 10.0. The van der Waals surface area contributed by atoms with E-state index in [9.17, 15) is 9.59 Å². The van der Waals surface area contributed by atoms with Crippen LogP contribution in [0.25, 0.3) is 10.3 Å². The van der Waals surface area contributed by atoms with Crippen molar-refractivity contribution in [1.29, 1.82) is 0 Å². The number of carbonyl (C=O) groups excluding carboxylic acids is 2. The Kier molecular flexibility index (Phi) is 6.14. The fourth-order valence-corrected chi connectivity index (χ4v) is 5.38. The quantitative estimate of drug-likeness (QED) is 0.445. The molecule has 0 unspecified atom stereocenters. The number of aromatic nitrogens is 3. The van der Waals surface area contributed by atoms with E-state index in [4.69, 9.17) is 5.73 Å². The maximum absolute atomic E-state index is 12.4. The number of fused-ring (bicyclic) bond motifs is 1. The molecule has 1 aliphatic heterocycles. The smallest absolute Gasteiger partial charge is 0.250 e. The molecule has 30 heavy (non-hydrogen) atoms. The van der Waals surface area contributed by atoms with Crippen LogP contribution >= 0.6 is 23.1 Å². The number of para-hydroxylation sites is 1. The molecule has 1 saturated heterocycles. The highest BCUT2D eigenvalue weighted by molar-refractivity contribution is 8.00. The molecule has 3 aromatic rings. The normalized spacial score (nSPS) is 16.6. The van der Waals surface area contributed by atoms with Gasteiger partial charge in [0.05, 0.1) is 17.0 Å². The number of carbonyl (C=O) groups is 2. The van der Waals surface area contributed by atoms with Crippen molar-refractivity contribution in [3.05, 3.63) is 36.2 Å².